The molecule has 0 fully saturated rings. The van der Waals surface area contributed by atoms with Crippen molar-refractivity contribution in [3.8, 4) is 6.07 Å². The van der Waals surface area contributed by atoms with Crippen LogP contribution in [0, 0.1) is 17.2 Å². The van der Waals surface area contributed by atoms with Gasteiger partial charge in [-0.3, -0.25) is 4.79 Å². The minimum Gasteiger partial charge on any atom is -0.469 e. The van der Waals surface area contributed by atoms with Crippen LogP contribution in [0.1, 0.15) is 25.7 Å². The molecule has 0 amide bonds. The van der Waals surface area contributed by atoms with E-state index >= 15 is 0 Å². The Balaban J connectivity index is 2.80. The molecule has 1 aromatic heterocycles. The average molecular weight is 208 g/mol. The minimum absolute atomic E-state index is 0.0962. The number of nitriles is 1. The molecule has 0 radical (unpaired) electrons. The molecule has 0 aliphatic rings. The first-order valence-electron chi connectivity index (χ1n) is 4.49. The van der Waals surface area contributed by atoms with E-state index in [1.54, 1.807) is 6.92 Å². The summed E-state index contributed by atoms with van der Waals surface area (Å²) in [7, 11) is 1.34. The highest BCUT2D eigenvalue weighted by atomic mass is 16.5. The van der Waals surface area contributed by atoms with Crippen LogP contribution in [0.15, 0.2) is 6.33 Å². The number of aromatic nitrogens is 3. The van der Waals surface area contributed by atoms with Gasteiger partial charge in [-0.25, -0.2) is 9.67 Å². The molecule has 6 nitrogen and oxygen atoms in total. The molecule has 80 valence electrons. The molecule has 0 saturated heterocycles. The van der Waals surface area contributed by atoms with Gasteiger partial charge in [0, 0.05) is 0 Å². The summed E-state index contributed by atoms with van der Waals surface area (Å²) in [5, 5.41) is 12.4. The lowest BCUT2D eigenvalue weighted by atomic mass is 10.0. The normalized spacial score (nSPS) is 14.0. The Labute approximate surface area is 87.5 Å². The molecule has 2 unspecified atom stereocenters. The number of esters is 1. The zero-order chi connectivity index (χ0) is 11.4. The topological polar surface area (TPSA) is 80.8 Å². The van der Waals surface area contributed by atoms with E-state index in [9.17, 15) is 4.79 Å². The standard InChI is InChI=1S/C9H12N4O2/c1-6(9(14)15-3)7(2)13-5-11-8(4-10)12-13/h5-7H,1-3H3. The van der Waals surface area contributed by atoms with Gasteiger partial charge < -0.3 is 4.74 Å². The zero-order valence-electron chi connectivity index (χ0n) is 8.84. The summed E-state index contributed by atoms with van der Waals surface area (Å²) in [5.74, 6) is -0.543. The third-order valence-electron chi connectivity index (χ3n) is 2.32. The van der Waals surface area contributed by atoms with Crippen molar-refractivity contribution in [3.63, 3.8) is 0 Å². The third-order valence-corrected chi connectivity index (χ3v) is 2.32. The molecule has 0 aromatic carbocycles. The van der Waals surface area contributed by atoms with E-state index in [-0.39, 0.29) is 23.8 Å². The Bertz CT molecular complexity index is 393. The number of hydrogen-bond donors (Lipinski definition) is 0. The second kappa shape index (κ2) is 4.55. The number of rotatable bonds is 3. The Kier molecular flexibility index (Phi) is 3.39. The fraction of sp³-hybridized carbons (Fsp3) is 0.556. The van der Waals surface area contributed by atoms with Gasteiger partial charge in [0.25, 0.3) is 5.82 Å². The van der Waals surface area contributed by atoms with E-state index < -0.39 is 0 Å². The van der Waals surface area contributed by atoms with Crippen LogP contribution in [-0.2, 0) is 9.53 Å². The van der Waals surface area contributed by atoms with Crippen LogP contribution in [-0.4, -0.2) is 27.8 Å². The molecular weight excluding hydrogens is 196 g/mol. The molecule has 6 heteroatoms. The van der Waals surface area contributed by atoms with Crippen molar-refractivity contribution in [2.75, 3.05) is 7.11 Å². The number of nitrogens with zero attached hydrogens (tertiary/aromatic N) is 4. The Morgan fingerprint density at radius 1 is 1.67 bits per heavy atom. The van der Waals surface area contributed by atoms with Crippen molar-refractivity contribution in [1.82, 2.24) is 14.8 Å². The van der Waals surface area contributed by atoms with Gasteiger partial charge in [0.05, 0.1) is 19.1 Å². The number of ether oxygens (including phenoxy) is 1. The summed E-state index contributed by atoms with van der Waals surface area (Å²) >= 11 is 0. The number of carbonyl (C=O) groups is 1. The molecule has 15 heavy (non-hydrogen) atoms. The zero-order valence-corrected chi connectivity index (χ0v) is 8.84. The second-order valence-electron chi connectivity index (χ2n) is 3.21. The summed E-state index contributed by atoms with van der Waals surface area (Å²) in [4.78, 5) is 15.0. The quantitative estimate of drug-likeness (QED) is 0.676. The molecule has 0 N–H and O–H groups in total. The van der Waals surface area contributed by atoms with Gasteiger partial charge in [-0.15, -0.1) is 5.10 Å². The maximum Gasteiger partial charge on any atom is 0.310 e. The highest BCUT2D eigenvalue weighted by Gasteiger charge is 2.23. The van der Waals surface area contributed by atoms with Crippen LogP contribution in [0.25, 0.3) is 0 Å². The highest BCUT2D eigenvalue weighted by molar-refractivity contribution is 5.72. The highest BCUT2D eigenvalue weighted by Crippen LogP contribution is 2.17. The smallest absolute Gasteiger partial charge is 0.310 e. The van der Waals surface area contributed by atoms with Crippen molar-refractivity contribution >= 4 is 5.97 Å². The Morgan fingerprint density at radius 3 is 2.80 bits per heavy atom. The lowest BCUT2D eigenvalue weighted by Gasteiger charge is -2.17. The number of methoxy groups -OCH3 is 1. The van der Waals surface area contributed by atoms with E-state index in [1.165, 1.54) is 18.1 Å². The van der Waals surface area contributed by atoms with Gasteiger partial charge in [-0.1, -0.05) is 0 Å². The molecule has 0 aliphatic heterocycles. The van der Waals surface area contributed by atoms with Crippen molar-refractivity contribution in [2.45, 2.75) is 19.9 Å². The first kappa shape index (κ1) is 11.2. The van der Waals surface area contributed by atoms with Gasteiger partial charge in [0.1, 0.15) is 12.4 Å². The van der Waals surface area contributed by atoms with E-state index in [4.69, 9.17) is 5.26 Å². The molecule has 0 spiro atoms. The van der Waals surface area contributed by atoms with Crippen molar-refractivity contribution < 1.29 is 9.53 Å². The van der Waals surface area contributed by atoms with Crippen molar-refractivity contribution in [1.29, 1.82) is 5.26 Å². The predicted molar refractivity (Wildman–Crippen MR) is 50.6 cm³/mol. The molecule has 2 atom stereocenters. The van der Waals surface area contributed by atoms with Crippen LogP contribution in [0.3, 0.4) is 0 Å². The molecular formula is C9H12N4O2. The van der Waals surface area contributed by atoms with E-state index in [1.807, 2.05) is 13.0 Å². The van der Waals surface area contributed by atoms with Crippen LogP contribution in [0.4, 0.5) is 0 Å². The SMILES string of the molecule is COC(=O)C(C)C(C)n1cnc(C#N)n1. The largest absolute Gasteiger partial charge is 0.469 e. The van der Waals surface area contributed by atoms with Crippen LogP contribution < -0.4 is 0 Å². The molecule has 1 rings (SSSR count). The maximum absolute atomic E-state index is 11.3. The fourth-order valence-electron chi connectivity index (χ4n) is 1.13. The maximum atomic E-state index is 11.3. The molecule has 0 aliphatic carbocycles. The van der Waals surface area contributed by atoms with Crippen molar-refractivity contribution in [3.05, 3.63) is 12.2 Å². The summed E-state index contributed by atoms with van der Waals surface area (Å²) in [6.07, 6.45) is 1.43. The van der Waals surface area contributed by atoms with E-state index in [2.05, 4.69) is 14.8 Å². The molecule has 0 saturated carbocycles. The summed E-state index contributed by atoms with van der Waals surface area (Å²) < 4.78 is 6.11. The monoisotopic (exact) mass is 208 g/mol. The van der Waals surface area contributed by atoms with E-state index in [0.717, 1.165) is 0 Å². The summed E-state index contributed by atoms with van der Waals surface area (Å²) in [6, 6.07) is 1.64. The number of hydrogen-bond acceptors (Lipinski definition) is 5. The van der Waals surface area contributed by atoms with Gasteiger partial charge >= 0.3 is 5.97 Å². The second-order valence-corrected chi connectivity index (χ2v) is 3.21. The van der Waals surface area contributed by atoms with Crippen LogP contribution >= 0.6 is 0 Å². The van der Waals surface area contributed by atoms with Crippen LogP contribution in [0.5, 0.6) is 0 Å². The first-order valence-corrected chi connectivity index (χ1v) is 4.49. The van der Waals surface area contributed by atoms with Crippen LogP contribution in [0.2, 0.25) is 0 Å². The first-order chi connectivity index (χ1) is 7.10. The van der Waals surface area contributed by atoms with Gasteiger partial charge in [0.2, 0.25) is 0 Å². The Morgan fingerprint density at radius 2 is 2.33 bits per heavy atom. The predicted octanol–water partition coefficient (Wildman–Crippen LogP) is 0.520. The molecule has 1 aromatic rings. The van der Waals surface area contributed by atoms with Gasteiger partial charge in [0.15, 0.2) is 0 Å². The fourth-order valence-corrected chi connectivity index (χ4v) is 1.13. The summed E-state index contributed by atoms with van der Waals surface area (Å²) in [5.41, 5.74) is 0. The summed E-state index contributed by atoms with van der Waals surface area (Å²) in [6.45, 7) is 3.56. The van der Waals surface area contributed by atoms with Crippen molar-refractivity contribution in [2.24, 2.45) is 5.92 Å². The lowest BCUT2D eigenvalue weighted by molar-refractivity contribution is -0.146. The molecule has 1 heterocycles. The van der Waals surface area contributed by atoms with E-state index in [0.29, 0.717) is 0 Å². The van der Waals surface area contributed by atoms with Gasteiger partial charge in [-0.2, -0.15) is 5.26 Å². The average Bonchev–Trinajstić information content (AvgIpc) is 2.74. The third kappa shape index (κ3) is 2.31. The minimum atomic E-state index is -0.330. The van der Waals surface area contributed by atoms with Gasteiger partial charge in [-0.05, 0) is 13.8 Å². The lowest BCUT2D eigenvalue weighted by Crippen LogP contribution is -2.23. The number of carbonyl (C=O) groups excluding carboxylic acids is 1. The molecule has 0 bridgehead atoms. The Hall–Kier alpha value is -1.90.